The van der Waals surface area contributed by atoms with Gasteiger partial charge in [-0.2, -0.15) is 4.39 Å². The Kier molecular flexibility index (Phi) is 4.03. The number of rotatable bonds is 3. The molecule has 0 spiro atoms. The Morgan fingerprint density at radius 2 is 1.81 bits per heavy atom. The quantitative estimate of drug-likeness (QED) is 0.572. The molecule has 2 fully saturated rings. The van der Waals surface area contributed by atoms with Crippen LogP contribution in [0.5, 0.6) is 0 Å². The minimum Gasteiger partial charge on any atom is -0.477 e. The highest BCUT2D eigenvalue weighted by Crippen LogP contribution is 2.45. The Morgan fingerprint density at radius 3 is 2.42 bits per heavy atom. The van der Waals surface area contributed by atoms with Gasteiger partial charge in [0.15, 0.2) is 0 Å². The molecular weight excluding hydrogens is 417 g/mol. The second kappa shape index (κ2) is 6.45. The number of nitrogens with one attached hydrogen (secondary N) is 1. The highest BCUT2D eigenvalue weighted by atomic mass is 19.1. The Labute approximate surface area is 171 Å². The van der Waals surface area contributed by atoms with E-state index in [1.54, 1.807) is 4.90 Å². The van der Waals surface area contributed by atoms with Gasteiger partial charge in [-0.1, -0.05) is 0 Å². The largest absolute Gasteiger partial charge is 0.477 e. The van der Waals surface area contributed by atoms with Crippen molar-refractivity contribution in [1.29, 1.82) is 0 Å². The number of carboxylic acids is 1. The van der Waals surface area contributed by atoms with Gasteiger partial charge < -0.3 is 20.7 Å². The van der Waals surface area contributed by atoms with Crippen LogP contribution in [-0.4, -0.2) is 39.8 Å². The van der Waals surface area contributed by atoms with Gasteiger partial charge in [-0.3, -0.25) is 14.2 Å². The Hall–Kier alpha value is -3.60. The number of anilines is 1. The summed E-state index contributed by atoms with van der Waals surface area (Å²) in [7, 11) is 0. The number of pyridine rings is 2. The van der Waals surface area contributed by atoms with E-state index in [2.05, 4.69) is 4.98 Å². The third kappa shape index (κ3) is 2.76. The van der Waals surface area contributed by atoms with Crippen molar-refractivity contribution in [2.75, 3.05) is 18.0 Å². The summed E-state index contributed by atoms with van der Waals surface area (Å²) in [4.78, 5) is 41.2. The van der Waals surface area contributed by atoms with Gasteiger partial charge in [0, 0.05) is 31.4 Å². The fourth-order valence-electron chi connectivity index (χ4n) is 4.32. The average molecular weight is 432 g/mol. The maximum absolute atomic E-state index is 15.0. The van der Waals surface area contributed by atoms with Gasteiger partial charge >= 0.3 is 5.97 Å². The van der Waals surface area contributed by atoms with E-state index in [0.717, 1.165) is 22.9 Å². The van der Waals surface area contributed by atoms with Gasteiger partial charge in [-0.15, -0.1) is 0 Å². The molecule has 3 heterocycles. The van der Waals surface area contributed by atoms with Gasteiger partial charge in [-0.05, 0) is 24.0 Å². The number of fused-ring (bicyclic) bond motifs is 2. The summed E-state index contributed by atoms with van der Waals surface area (Å²) in [6, 6.07) is 2.53. The van der Waals surface area contributed by atoms with Gasteiger partial charge in [0.05, 0.1) is 5.69 Å². The second-order valence-electron chi connectivity index (χ2n) is 7.79. The number of aromatic carboxylic acids is 1. The summed E-state index contributed by atoms with van der Waals surface area (Å²) in [5.41, 5.74) is 1.90. The first-order valence-electron chi connectivity index (χ1n) is 9.39. The molecule has 0 radical (unpaired) electrons. The van der Waals surface area contributed by atoms with Gasteiger partial charge in [0.2, 0.25) is 16.7 Å². The van der Waals surface area contributed by atoms with E-state index in [0.29, 0.717) is 19.2 Å². The molecule has 5 rings (SSSR count). The van der Waals surface area contributed by atoms with Crippen molar-refractivity contribution < 1.29 is 23.1 Å². The molecule has 160 valence electrons. The minimum atomic E-state index is -1.68. The zero-order valence-electron chi connectivity index (χ0n) is 15.7. The maximum atomic E-state index is 15.0. The Morgan fingerprint density at radius 1 is 1.13 bits per heavy atom. The number of hydrogen-bond acceptors (Lipinski definition) is 5. The molecule has 0 bridgehead atoms. The summed E-state index contributed by atoms with van der Waals surface area (Å²) < 4.78 is 43.8. The van der Waals surface area contributed by atoms with Crippen LogP contribution in [0.25, 0.3) is 16.7 Å². The van der Waals surface area contributed by atoms with Crippen molar-refractivity contribution >= 4 is 22.8 Å². The number of aromatic nitrogens is 2. The molecule has 0 amide bonds. The predicted octanol–water partition coefficient (Wildman–Crippen LogP) is 1.19. The van der Waals surface area contributed by atoms with E-state index in [1.807, 2.05) is 0 Å². The number of aromatic amines is 1. The van der Waals surface area contributed by atoms with E-state index in [9.17, 15) is 32.7 Å². The number of halogens is 3. The van der Waals surface area contributed by atoms with E-state index < -0.39 is 45.2 Å². The van der Waals surface area contributed by atoms with Crippen molar-refractivity contribution in [1.82, 2.24) is 9.55 Å². The zero-order valence-corrected chi connectivity index (χ0v) is 15.7. The first-order chi connectivity index (χ1) is 14.7. The van der Waals surface area contributed by atoms with Crippen molar-refractivity contribution in [3.8, 4) is 5.69 Å². The highest BCUT2D eigenvalue weighted by molar-refractivity contribution is 5.92. The number of hydrogen-bond donors (Lipinski definition) is 3. The molecule has 1 aromatic carbocycles. The molecule has 1 aliphatic heterocycles. The maximum Gasteiger partial charge on any atom is 0.341 e. The lowest BCUT2D eigenvalue weighted by atomic mass is 10.1. The lowest BCUT2D eigenvalue weighted by molar-refractivity contribution is 0.0695. The number of piperidine rings is 1. The third-order valence-electron chi connectivity index (χ3n) is 6.05. The predicted molar refractivity (Wildman–Crippen MR) is 104 cm³/mol. The van der Waals surface area contributed by atoms with Gasteiger partial charge in [0.1, 0.15) is 34.0 Å². The van der Waals surface area contributed by atoms with Crippen LogP contribution in [0.2, 0.25) is 0 Å². The molecule has 1 unspecified atom stereocenters. The fraction of sp³-hybridized carbons (Fsp3) is 0.250. The number of nitrogens with two attached hydrogens (primary N) is 1. The SMILES string of the molecule is NC1[C@H]2CN(c3[nH]c4c(c(=O)c(C(=O)O)cn4-c4ccc(F)cc4F)c(=O)c3F)C[C@@H]12. The number of carbonyl (C=O) groups is 1. The van der Waals surface area contributed by atoms with Crippen molar-refractivity contribution in [2.24, 2.45) is 17.6 Å². The fourth-order valence-corrected chi connectivity index (χ4v) is 4.32. The van der Waals surface area contributed by atoms with Crippen molar-refractivity contribution in [3.05, 3.63) is 67.9 Å². The average Bonchev–Trinajstić information content (AvgIpc) is 3.11. The molecule has 31 heavy (non-hydrogen) atoms. The molecular formula is C20H15F3N4O4. The van der Waals surface area contributed by atoms with Crippen LogP contribution in [0.4, 0.5) is 19.0 Å². The zero-order chi connectivity index (χ0) is 22.2. The number of benzene rings is 1. The minimum absolute atomic E-state index is 0.0103. The van der Waals surface area contributed by atoms with E-state index in [-0.39, 0.29) is 35.0 Å². The number of H-pyrrole nitrogens is 1. The molecule has 1 saturated heterocycles. The summed E-state index contributed by atoms with van der Waals surface area (Å²) in [6.45, 7) is 0.791. The third-order valence-corrected chi connectivity index (χ3v) is 6.05. The van der Waals surface area contributed by atoms with E-state index in [4.69, 9.17) is 5.73 Å². The molecule has 1 saturated carbocycles. The lowest BCUT2D eigenvalue weighted by Gasteiger charge is -2.23. The van der Waals surface area contributed by atoms with Crippen molar-refractivity contribution in [2.45, 2.75) is 6.04 Å². The first kappa shape index (κ1) is 19.4. The van der Waals surface area contributed by atoms with Gasteiger partial charge in [0.25, 0.3) is 0 Å². The van der Waals surface area contributed by atoms with Crippen LogP contribution in [0.3, 0.4) is 0 Å². The number of nitrogens with zero attached hydrogens (tertiary/aromatic N) is 2. The molecule has 3 aromatic rings. The normalized spacial score (nSPS) is 22.1. The molecule has 3 atom stereocenters. The van der Waals surface area contributed by atoms with Crippen LogP contribution in [0.15, 0.2) is 34.0 Å². The second-order valence-corrected chi connectivity index (χ2v) is 7.79. The molecule has 4 N–H and O–H groups in total. The summed E-state index contributed by atoms with van der Waals surface area (Å²) >= 11 is 0. The summed E-state index contributed by atoms with van der Waals surface area (Å²) in [5, 5.41) is 8.59. The molecule has 2 aliphatic rings. The highest BCUT2D eigenvalue weighted by Gasteiger charge is 2.54. The van der Waals surface area contributed by atoms with E-state index >= 15 is 0 Å². The monoisotopic (exact) mass is 432 g/mol. The van der Waals surface area contributed by atoms with Crippen molar-refractivity contribution in [3.63, 3.8) is 0 Å². The van der Waals surface area contributed by atoms with Crippen LogP contribution in [0.1, 0.15) is 10.4 Å². The van der Waals surface area contributed by atoms with Crippen LogP contribution >= 0.6 is 0 Å². The Bertz CT molecular complexity index is 1390. The van der Waals surface area contributed by atoms with E-state index in [1.165, 1.54) is 0 Å². The molecule has 2 aromatic heterocycles. The molecule has 8 nitrogen and oxygen atoms in total. The summed E-state index contributed by atoms with van der Waals surface area (Å²) in [5.74, 6) is -4.75. The lowest BCUT2D eigenvalue weighted by Crippen LogP contribution is -2.33. The van der Waals surface area contributed by atoms with Crippen LogP contribution in [-0.2, 0) is 0 Å². The first-order valence-corrected chi connectivity index (χ1v) is 9.39. The topological polar surface area (TPSA) is 121 Å². The standard InChI is InChI=1S/C20H15F3N4O4/c21-7-1-2-12(11(22)3-7)27-6-10(20(30)31)16(28)13-17(29)14(23)19(25-18(13)27)26-4-8-9(5-26)15(8)24/h1-3,6,8-9,15H,4-5,24H2,(H,25,29)(H,30,31)/t8-,9+,15?. The van der Waals surface area contributed by atoms with Gasteiger partial charge in [-0.25, -0.2) is 13.6 Å². The smallest absolute Gasteiger partial charge is 0.341 e. The van der Waals surface area contributed by atoms with Crippen LogP contribution < -0.4 is 21.5 Å². The Balaban J connectivity index is 1.82. The molecule has 1 aliphatic carbocycles. The molecule has 11 heteroatoms. The van der Waals surface area contributed by atoms with Crippen LogP contribution in [0, 0.1) is 29.3 Å². The number of carboxylic acid groups (broad SMARTS) is 1. The summed E-state index contributed by atoms with van der Waals surface area (Å²) in [6.07, 6.45) is 0.818.